The maximum Gasteiger partial charge on any atom is 0.157 e. The molecule has 1 aromatic carbocycles. The topological polar surface area (TPSA) is 82.9 Å². The van der Waals surface area contributed by atoms with Gasteiger partial charge in [-0.3, -0.25) is 4.90 Å². The van der Waals surface area contributed by atoms with Gasteiger partial charge in [0.05, 0.1) is 11.3 Å². The van der Waals surface area contributed by atoms with Crippen molar-refractivity contribution in [2.45, 2.75) is 71.6 Å². The Morgan fingerprint density at radius 3 is 2.28 bits per heavy atom. The molecule has 2 fully saturated rings. The number of amidine groups is 1. The molecular formula is C25H43FN6. The number of nitrogens with zero attached hydrogens (tertiary/aromatic N) is 3. The highest BCUT2D eigenvalue weighted by molar-refractivity contribution is 6.02. The van der Waals surface area contributed by atoms with Crippen molar-refractivity contribution in [2.75, 3.05) is 37.6 Å². The molecule has 1 saturated heterocycles. The van der Waals surface area contributed by atoms with Crippen LogP contribution in [0.3, 0.4) is 0 Å². The Morgan fingerprint density at radius 1 is 1.06 bits per heavy atom. The fraction of sp³-hybridized carbons (Fsp3) is 0.720. The summed E-state index contributed by atoms with van der Waals surface area (Å²) in [4.78, 5) is 4.87. The lowest BCUT2D eigenvalue weighted by Crippen LogP contribution is -2.48. The molecular weight excluding hydrogens is 403 g/mol. The molecule has 0 aromatic heterocycles. The van der Waals surface area contributed by atoms with Crippen LogP contribution in [0.1, 0.15) is 76.3 Å². The van der Waals surface area contributed by atoms with E-state index in [-0.39, 0.29) is 11.7 Å². The van der Waals surface area contributed by atoms with Crippen molar-refractivity contribution < 1.29 is 4.39 Å². The Balaban J connectivity index is 1.70. The van der Waals surface area contributed by atoms with Crippen LogP contribution >= 0.6 is 0 Å². The van der Waals surface area contributed by atoms with Gasteiger partial charge in [-0.15, -0.1) is 5.10 Å². The summed E-state index contributed by atoms with van der Waals surface area (Å²) < 4.78 is 15.1. The first-order chi connectivity index (χ1) is 15.5. The summed E-state index contributed by atoms with van der Waals surface area (Å²) in [5, 5.41) is 3.86. The van der Waals surface area contributed by atoms with Gasteiger partial charge in [-0.05, 0) is 48.8 Å². The first-order valence-electron chi connectivity index (χ1n) is 12.6. The quantitative estimate of drug-likeness (QED) is 0.255. The minimum Gasteiger partial charge on any atom is -0.382 e. The summed E-state index contributed by atoms with van der Waals surface area (Å²) in [7, 11) is 0. The van der Waals surface area contributed by atoms with Crippen LogP contribution in [0, 0.1) is 17.7 Å². The van der Waals surface area contributed by atoms with Crippen LogP contribution in [-0.4, -0.2) is 43.5 Å². The average molecular weight is 447 g/mol. The van der Waals surface area contributed by atoms with Gasteiger partial charge in [0.15, 0.2) is 5.84 Å². The number of hydrazone groups is 1. The van der Waals surface area contributed by atoms with Crippen molar-refractivity contribution in [3.8, 4) is 0 Å². The number of anilines is 1. The smallest absolute Gasteiger partial charge is 0.157 e. The van der Waals surface area contributed by atoms with E-state index in [1.807, 2.05) is 0 Å². The highest BCUT2D eigenvalue weighted by Crippen LogP contribution is 2.29. The molecule has 1 aliphatic heterocycles. The highest BCUT2D eigenvalue weighted by atomic mass is 19.1. The summed E-state index contributed by atoms with van der Waals surface area (Å²) in [6, 6.07) is 3.68. The van der Waals surface area contributed by atoms with E-state index < -0.39 is 0 Å². The molecule has 5 N–H and O–H groups in total. The zero-order chi connectivity index (χ0) is 22.9. The Bertz CT molecular complexity index is 732. The summed E-state index contributed by atoms with van der Waals surface area (Å²) in [5.41, 5.74) is 10.5. The molecule has 1 aliphatic carbocycles. The van der Waals surface area contributed by atoms with Crippen molar-refractivity contribution >= 4 is 11.5 Å². The van der Waals surface area contributed by atoms with Gasteiger partial charge in [0.1, 0.15) is 5.82 Å². The Labute approximate surface area is 193 Å². The van der Waals surface area contributed by atoms with E-state index in [9.17, 15) is 0 Å². The Hall–Kier alpha value is -1.86. The molecule has 1 aromatic rings. The number of hydrogen-bond donors (Lipinski definition) is 3. The number of hydrogen-bond acceptors (Lipinski definition) is 5. The highest BCUT2D eigenvalue weighted by Gasteiger charge is 2.25. The predicted octanol–water partition coefficient (Wildman–Crippen LogP) is 3.98. The monoisotopic (exact) mass is 446 g/mol. The molecule has 0 amide bonds. The van der Waals surface area contributed by atoms with Gasteiger partial charge in [0.25, 0.3) is 0 Å². The summed E-state index contributed by atoms with van der Waals surface area (Å²) in [6.07, 6.45) is 11.9. The Morgan fingerprint density at radius 2 is 1.69 bits per heavy atom. The van der Waals surface area contributed by atoms with Gasteiger partial charge >= 0.3 is 0 Å². The van der Waals surface area contributed by atoms with Crippen LogP contribution in [0.25, 0.3) is 0 Å². The molecule has 0 unspecified atom stereocenters. The van der Waals surface area contributed by atoms with Gasteiger partial charge < -0.3 is 10.6 Å². The SMILES string of the molecule is CC(C)Cc1cc(F)c(/C(N)=N/NN)c(N2CCN(CC3CCCCCCCC3)CC2)c1. The van der Waals surface area contributed by atoms with Crippen LogP contribution < -0.4 is 22.0 Å². The van der Waals surface area contributed by atoms with Gasteiger partial charge in [-0.1, -0.05) is 52.4 Å². The molecule has 180 valence electrons. The van der Waals surface area contributed by atoms with E-state index in [0.717, 1.165) is 49.8 Å². The maximum absolute atomic E-state index is 15.1. The van der Waals surface area contributed by atoms with Crippen LogP contribution in [-0.2, 0) is 6.42 Å². The largest absolute Gasteiger partial charge is 0.382 e. The van der Waals surface area contributed by atoms with Crippen molar-refractivity contribution in [2.24, 2.45) is 28.5 Å². The van der Waals surface area contributed by atoms with E-state index >= 15 is 4.39 Å². The lowest BCUT2D eigenvalue weighted by molar-refractivity contribution is 0.204. The number of nitrogens with one attached hydrogen (secondary N) is 1. The van der Waals surface area contributed by atoms with Crippen molar-refractivity contribution in [1.82, 2.24) is 10.4 Å². The number of nitrogens with two attached hydrogens (primary N) is 2. The van der Waals surface area contributed by atoms with Crippen LogP contribution in [0.4, 0.5) is 10.1 Å². The minimum absolute atomic E-state index is 0.0871. The molecule has 7 heteroatoms. The lowest BCUT2D eigenvalue weighted by Gasteiger charge is -2.38. The normalized spacial score (nSPS) is 20.2. The van der Waals surface area contributed by atoms with Gasteiger partial charge in [-0.2, -0.15) is 0 Å². The molecule has 6 nitrogen and oxygen atoms in total. The molecule has 1 heterocycles. The van der Waals surface area contributed by atoms with Gasteiger partial charge in [0.2, 0.25) is 0 Å². The third-order valence-corrected chi connectivity index (χ3v) is 6.92. The maximum atomic E-state index is 15.1. The zero-order valence-corrected chi connectivity index (χ0v) is 20.1. The second-order valence-corrected chi connectivity index (χ2v) is 10.0. The van der Waals surface area contributed by atoms with E-state index in [1.165, 1.54) is 57.9 Å². The molecule has 0 atom stereocenters. The van der Waals surface area contributed by atoms with Crippen molar-refractivity contribution in [1.29, 1.82) is 0 Å². The number of halogens is 1. The van der Waals surface area contributed by atoms with E-state index in [4.69, 9.17) is 11.6 Å². The number of hydrazine groups is 1. The Kier molecular flexibility index (Phi) is 9.60. The van der Waals surface area contributed by atoms with Crippen LogP contribution in [0.15, 0.2) is 17.2 Å². The molecule has 3 rings (SSSR count). The second kappa shape index (κ2) is 12.4. The summed E-state index contributed by atoms with van der Waals surface area (Å²) >= 11 is 0. The van der Waals surface area contributed by atoms with Crippen LogP contribution in [0.2, 0.25) is 0 Å². The first-order valence-corrected chi connectivity index (χ1v) is 12.6. The summed E-state index contributed by atoms with van der Waals surface area (Å²) in [6.45, 7) is 9.23. The second-order valence-electron chi connectivity index (χ2n) is 10.0. The molecule has 0 spiro atoms. The fourth-order valence-corrected chi connectivity index (χ4v) is 5.30. The molecule has 32 heavy (non-hydrogen) atoms. The number of benzene rings is 1. The van der Waals surface area contributed by atoms with Crippen LogP contribution in [0.5, 0.6) is 0 Å². The first kappa shape index (κ1) is 24.8. The van der Waals surface area contributed by atoms with E-state index in [1.54, 1.807) is 6.07 Å². The third-order valence-electron chi connectivity index (χ3n) is 6.92. The zero-order valence-electron chi connectivity index (χ0n) is 20.1. The third kappa shape index (κ3) is 7.07. The molecule has 1 saturated carbocycles. The fourth-order valence-electron chi connectivity index (χ4n) is 5.30. The molecule has 0 radical (unpaired) electrons. The van der Waals surface area contributed by atoms with Gasteiger partial charge in [-0.25, -0.2) is 15.8 Å². The number of piperazine rings is 1. The van der Waals surface area contributed by atoms with Crippen molar-refractivity contribution in [3.63, 3.8) is 0 Å². The summed E-state index contributed by atoms with van der Waals surface area (Å²) in [5.74, 6) is 6.35. The van der Waals surface area contributed by atoms with Crippen molar-refractivity contribution in [3.05, 3.63) is 29.1 Å². The number of rotatable bonds is 7. The van der Waals surface area contributed by atoms with E-state index in [2.05, 4.69) is 40.3 Å². The predicted molar refractivity (Wildman–Crippen MR) is 132 cm³/mol. The van der Waals surface area contributed by atoms with Gasteiger partial charge in [0, 0.05) is 32.7 Å². The average Bonchev–Trinajstić information content (AvgIpc) is 2.87. The molecule has 2 aliphatic rings. The lowest BCUT2D eigenvalue weighted by atomic mass is 9.96. The minimum atomic E-state index is -0.331. The standard InChI is InChI=1S/C25H43FN6/c1-19(2)15-21-16-22(26)24(25(27)29-30-28)23(17-21)32-13-11-31(12-14-32)18-20-9-7-5-3-4-6-8-10-20/h16-17,19-20,30H,3-15,18,28H2,1-2H3,(H2,27,29). The van der Waals surface area contributed by atoms with E-state index in [0.29, 0.717) is 11.5 Å². The molecule has 0 bridgehead atoms.